The predicted octanol–water partition coefficient (Wildman–Crippen LogP) is 3.08. The van der Waals surface area contributed by atoms with E-state index in [1.54, 1.807) is 11.9 Å². The van der Waals surface area contributed by atoms with Gasteiger partial charge in [-0.2, -0.15) is 0 Å². The Morgan fingerprint density at radius 3 is 2.60 bits per heavy atom. The fourth-order valence-corrected chi connectivity index (χ4v) is 4.50. The van der Waals surface area contributed by atoms with Gasteiger partial charge in [-0.1, -0.05) is 30.1 Å². The van der Waals surface area contributed by atoms with E-state index in [1.165, 1.54) is 11.3 Å². The number of nitrogens with zero attached hydrogens (tertiary/aromatic N) is 2. The minimum absolute atomic E-state index is 0.00926. The van der Waals surface area contributed by atoms with Crippen LogP contribution in [0.5, 0.6) is 0 Å². The Labute approximate surface area is 155 Å². The van der Waals surface area contributed by atoms with Crippen LogP contribution in [0, 0.1) is 0 Å². The Morgan fingerprint density at radius 2 is 1.92 bits per heavy atom. The van der Waals surface area contributed by atoms with Crippen LogP contribution in [0.15, 0.2) is 24.3 Å². The number of urea groups is 1. The van der Waals surface area contributed by atoms with Crippen molar-refractivity contribution in [3.63, 3.8) is 0 Å². The van der Waals surface area contributed by atoms with Crippen LogP contribution < -0.4 is 10.6 Å². The molecule has 0 aliphatic carbocycles. The lowest BCUT2D eigenvalue weighted by Gasteiger charge is -2.33. The van der Waals surface area contributed by atoms with Crippen molar-refractivity contribution in [2.75, 3.05) is 44.3 Å². The number of fused-ring (bicyclic) bond motifs is 1. The third-order valence-corrected chi connectivity index (χ3v) is 6.13. The molecule has 1 aromatic carbocycles. The number of carbonyl (C=O) groups is 2. The highest BCUT2D eigenvalue weighted by atomic mass is 32.2. The Morgan fingerprint density at radius 1 is 1.20 bits per heavy atom. The Balaban J connectivity index is 1.90. The summed E-state index contributed by atoms with van der Waals surface area (Å²) in [6, 6.07) is 7.51. The molecule has 0 unspecified atom stereocenters. The first-order valence-corrected chi connectivity index (χ1v) is 10.3. The maximum Gasteiger partial charge on any atom is 0.319 e. The van der Waals surface area contributed by atoms with Gasteiger partial charge in [0, 0.05) is 42.8 Å². The molecule has 0 radical (unpaired) electrons. The van der Waals surface area contributed by atoms with E-state index in [9.17, 15) is 9.59 Å². The predicted molar refractivity (Wildman–Crippen MR) is 106 cm³/mol. The van der Waals surface area contributed by atoms with E-state index in [2.05, 4.69) is 21.2 Å². The van der Waals surface area contributed by atoms with E-state index in [0.29, 0.717) is 30.2 Å². The average Bonchev–Trinajstić information content (AvgIpc) is 2.99. The van der Waals surface area contributed by atoms with Crippen LogP contribution in [0.1, 0.15) is 17.3 Å². The monoisotopic (exact) mass is 378 g/mol. The number of anilines is 1. The second-order valence-electron chi connectivity index (χ2n) is 5.69. The molecule has 134 valence electrons. The lowest BCUT2D eigenvalue weighted by molar-refractivity contribution is 0.0707. The lowest BCUT2D eigenvalue weighted by atomic mass is 10.1. The molecule has 1 fully saturated rings. The van der Waals surface area contributed by atoms with Crippen LogP contribution in [0.4, 0.5) is 9.80 Å². The van der Waals surface area contributed by atoms with Crippen molar-refractivity contribution in [3.05, 3.63) is 29.8 Å². The number of hydrogen-bond donors (Lipinski definition) is 2. The minimum atomic E-state index is -0.282. The summed E-state index contributed by atoms with van der Waals surface area (Å²) < 4.78 is 3.25. The summed E-state index contributed by atoms with van der Waals surface area (Å²) in [6.07, 6.45) is 2.05. The number of benzene rings is 1. The van der Waals surface area contributed by atoms with E-state index < -0.39 is 0 Å². The molecule has 0 spiro atoms. The van der Waals surface area contributed by atoms with Crippen molar-refractivity contribution < 1.29 is 9.59 Å². The molecule has 0 atom stereocenters. The van der Waals surface area contributed by atoms with Crippen LogP contribution >= 0.6 is 23.3 Å². The van der Waals surface area contributed by atoms with E-state index in [1.807, 2.05) is 36.1 Å². The second-order valence-corrected chi connectivity index (χ2v) is 7.62. The molecule has 0 saturated carbocycles. The third kappa shape index (κ3) is 3.91. The largest absolute Gasteiger partial charge is 0.338 e. The van der Waals surface area contributed by atoms with Crippen molar-refractivity contribution in [2.24, 2.45) is 0 Å². The van der Waals surface area contributed by atoms with Crippen LogP contribution in [0.3, 0.4) is 0 Å². The average molecular weight is 379 g/mol. The highest BCUT2D eigenvalue weighted by Crippen LogP contribution is 2.36. The van der Waals surface area contributed by atoms with Crippen molar-refractivity contribution >= 4 is 50.3 Å². The molecule has 1 aliphatic rings. The summed E-state index contributed by atoms with van der Waals surface area (Å²) in [7, 11) is 0. The van der Waals surface area contributed by atoms with E-state index >= 15 is 0 Å². The van der Waals surface area contributed by atoms with Crippen molar-refractivity contribution in [2.45, 2.75) is 6.92 Å². The number of hydrogen-bond acceptors (Lipinski definition) is 5. The van der Waals surface area contributed by atoms with Crippen LogP contribution in [0.25, 0.3) is 10.1 Å². The molecule has 1 aromatic heterocycles. The molecular weight excluding hydrogens is 356 g/mol. The fourth-order valence-electron chi connectivity index (χ4n) is 2.89. The minimum Gasteiger partial charge on any atom is -0.338 e. The number of nitrogens with one attached hydrogen (secondary N) is 2. The van der Waals surface area contributed by atoms with Crippen LogP contribution in [-0.4, -0.2) is 60.1 Å². The molecule has 1 aliphatic heterocycles. The van der Waals surface area contributed by atoms with Crippen molar-refractivity contribution in [1.29, 1.82) is 0 Å². The second kappa shape index (κ2) is 8.07. The molecule has 3 amide bonds. The molecular formula is C17H22N4O2S2. The zero-order valence-electron chi connectivity index (χ0n) is 14.4. The Kier molecular flexibility index (Phi) is 5.82. The summed E-state index contributed by atoms with van der Waals surface area (Å²) in [6.45, 7) is 5.51. The first kappa shape index (κ1) is 18.0. The van der Waals surface area contributed by atoms with Gasteiger partial charge in [0.2, 0.25) is 0 Å². The van der Waals surface area contributed by atoms with Gasteiger partial charge in [0.1, 0.15) is 5.00 Å². The lowest BCUT2D eigenvalue weighted by Crippen LogP contribution is -2.46. The van der Waals surface area contributed by atoms with E-state index in [4.69, 9.17) is 0 Å². The van der Waals surface area contributed by atoms with Gasteiger partial charge in [-0.05, 0) is 19.2 Å². The first-order valence-electron chi connectivity index (χ1n) is 8.28. The van der Waals surface area contributed by atoms with Gasteiger partial charge in [-0.15, -0.1) is 11.3 Å². The summed E-state index contributed by atoms with van der Waals surface area (Å²) >= 11 is 3.15. The smallest absolute Gasteiger partial charge is 0.319 e. The SMILES string of the molecule is CCNC(=O)Nc1sc2ccccc2c1C(=O)N1CCN(SC)CC1. The summed E-state index contributed by atoms with van der Waals surface area (Å²) in [5, 5.41) is 7.08. The molecule has 2 aromatic rings. The van der Waals surface area contributed by atoms with Gasteiger partial charge in [0.15, 0.2) is 0 Å². The van der Waals surface area contributed by atoms with Gasteiger partial charge >= 0.3 is 6.03 Å². The van der Waals surface area contributed by atoms with E-state index in [-0.39, 0.29) is 11.9 Å². The van der Waals surface area contributed by atoms with Crippen molar-refractivity contribution in [1.82, 2.24) is 14.5 Å². The highest BCUT2D eigenvalue weighted by molar-refractivity contribution is 7.96. The summed E-state index contributed by atoms with van der Waals surface area (Å²) in [5.74, 6) is -0.00926. The maximum atomic E-state index is 13.2. The molecule has 0 bridgehead atoms. The maximum absolute atomic E-state index is 13.2. The standard InChI is InChI=1S/C17H22N4O2S2/c1-3-18-17(23)19-15-14(12-6-4-5-7-13(12)25-15)16(22)20-8-10-21(24-2)11-9-20/h4-7H,3,8-11H2,1-2H3,(H2,18,19,23). The summed E-state index contributed by atoms with van der Waals surface area (Å²) in [5.41, 5.74) is 0.601. The quantitative estimate of drug-likeness (QED) is 0.803. The van der Waals surface area contributed by atoms with Crippen LogP contribution in [-0.2, 0) is 0 Å². The molecule has 2 heterocycles. The number of thiophene rings is 1. The molecule has 25 heavy (non-hydrogen) atoms. The number of carbonyl (C=O) groups excluding carboxylic acids is 2. The van der Waals surface area contributed by atoms with Crippen LogP contribution in [0.2, 0.25) is 0 Å². The normalized spacial score (nSPS) is 15.4. The van der Waals surface area contributed by atoms with E-state index in [0.717, 1.165) is 23.2 Å². The Hall–Kier alpha value is -1.77. The van der Waals surface area contributed by atoms with Gasteiger partial charge in [0.25, 0.3) is 5.91 Å². The first-order chi connectivity index (χ1) is 12.1. The van der Waals surface area contributed by atoms with Gasteiger partial charge in [-0.3, -0.25) is 10.1 Å². The zero-order valence-corrected chi connectivity index (χ0v) is 16.0. The third-order valence-electron chi connectivity index (χ3n) is 4.16. The van der Waals surface area contributed by atoms with Crippen molar-refractivity contribution in [3.8, 4) is 0 Å². The number of amides is 3. The summed E-state index contributed by atoms with van der Waals surface area (Å²) in [4.78, 5) is 27.0. The fraction of sp³-hybridized carbons (Fsp3) is 0.412. The Bertz CT molecular complexity index is 769. The molecule has 2 N–H and O–H groups in total. The molecule has 3 rings (SSSR count). The highest BCUT2D eigenvalue weighted by Gasteiger charge is 2.27. The topological polar surface area (TPSA) is 64.7 Å². The number of rotatable bonds is 4. The molecule has 6 nitrogen and oxygen atoms in total. The molecule has 1 saturated heterocycles. The molecule has 8 heteroatoms. The number of piperazine rings is 1. The zero-order chi connectivity index (χ0) is 17.8. The van der Waals surface area contributed by atoms with Gasteiger partial charge < -0.3 is 10.2 Å². The van der Waals surface area contributed by atoms with Gasteiger partial charge in [0.05, 0.1) is 5.56 Å². The van der Waals surface area contributed by atoms with Gasteiger partial charge in [-0.25, -0.2) is 9.10 Å².